The molecule has 3 aliphatic rings. The largest absolute Gasteiger partial charge is 0.309 e. The van der Waals surface area contributed by atoms with E-state index in [2.05, 4.69) is 54.1 Å². The van der Waals surface area contributed by atoms with Crippen molar-refractivity contribution in [1.82, 2.24) is 15.1 Å². The van der Waals surface area contributed by atoms with Crippen LogP contribution in [0, 0.1) is 13.8 Å². The maximum atomic E-state index is 3.73. The van der Waals surface area contributed by atoms with Gasteiger partial charge in [-0.3, -0.25) is 9.80 Å². The van der Waals surface area contributed by atoms with Crippen LogP contribution in [0.4, 0.5) is 0 Å². The van der Waals surface area contributed by atoms with Crippen molar-refractivity contribution in [3.63, 3.8) is 0 Å². The highest BCUT2D eigenvalue weighted by atomic mass is 15.4. The number of benzene rings is 1. The van der Waals surface area contributed by atoms with Crippen LogP contribution in [-0.4, -0.2) is 55.1 Å². The van der Waals surface area contributed by atoms with Crippen LogP contribution in [0.3, 0.4) is 0 Å². The summed E-state index contributed by atoms with van der Waals surface area (Å²) in [4.78, 5) is 5.30. The molecule has 0 saturated carbocycles. The van der Waals surface area contributed by atoms with E-state index in [4.69, 9.17) is 0 Å². The molecule has 110 valence electrons. The van der Waals surface area contributed by atoms with Crippen LogP contribution in [0.5, 0.6) is 0 Å². The minimum absolute atomic E-state index is 0.461. The number of rotatable bonds is 4. The van der Waals surface area contributed by atoms with Gasteiger partial charge in [-0.2, -0.15) is 0 Å². The van der Waals surface area contributed by atoms with Crippen LogP contribution in [0.15, 0.2) is 18.2 Å². The normalized spacial score (nSPS) is 30.4. The summed E-state index contributed by atoms with van der Waals surface area (Å²) in [6.07, 6.45) is 0. The van der Waals surface area contributed by atoms with E-state index in [1.165, 1.54) is 49.4 Å². The zero-order chi connectivity index (χ0) is 14.1. The highest BCUT2D eigenvalue weighted by Crippen LogP contribution is 2.28. The molecule has 0 spiro atoms. The van der Waals surface area contributed by atoms with Gasteiger partial charge in [0.2, 0.25) is 0 Å². The molecule has 2 bridgehead atoms. The molecule has 3 aliphatic heterocycles. The summed E-state index contributed by atoms with van der Waals surface area (Å²) in [5.41, 5.74) is 4.24. The minimum atomic E-state index is 0.461. The van der Waals surface area contributed by atoms with Crippen molar-refractivity contribution in [2.45, 2.75) is 32.9 Å². The number of hydrogen-bond acceptors (Lipinski definition) is 3. The number of nitrogens with zero attached hydrogens (tertiary/aromatic N) is 2. The summed E-state index contributed by atoms with van der Waals surface area (Å²) in [5, 5.41) is 3.73. The summed E-state index contributed by atoms with van der Waals surface area (Å²) in [6.45, 7) is 13.8. The van der Waals surface area contributed by atoms with Gasteiger partial charge in [0, 0.05) is 44.8 Å². The van der Waals surface area contributed by atoms with E-state index < -0.39 is 0 Å². The third-order valence-corrected chi connectivity index (χ3v) is 5.02. The molecule has 3 fully saturated rings. The maximum Gasteiger partial charge on any atom is 0.0490 e. The highest BCUT2D eigenvalue weighted by molar-refractivity contribution is 5.32. The summed E-state index contributed by atoms with van der Waals surface area (Å²) in [5.74, 6) is 0. The third kappa shape index (κ3) is 2.62. The lowest BCUT2D eigenvalue weighted by atomic mass is 9.92. The lowest BCUT2D eigenvalue weighted by Crippen LogP contribution is -2.63. The highest BCUT2D eigenvalue weighted by Gasteiger charge is 2.37. The number of piperazine rings is 3. The average molecular weight is 273 g/mol. The van der Waals surface area contributed by atoms with Crippen molar-refractivity contribution < 1.29 is 0 Å². The van der Waals surface area contributed by atoms with Gasteiger partial charge in [0.1, 0.15) is 0 Å². The molecule has 1 aromatic carbocycles. The van der Waals surface area contributed by atoms with Gasteiger partial charge in [-0.1, -0.05) is 25.1 Å². The molecule has 4 rings (SSSR count). The molecule has 3 saturated heterocycles. The van der Waals surface area contributed by atoms with Gasteiger partial charge in [-0.05, 0) is 37.1 Å². The van der Waals surface area contributed by atoms with E-state index in [0.29, 0.717) is 12.1 Å². The van der Waals surface area contributed by atoms with Crippen LogP contribution in [0.25, 0.3) is 0 Å². The molecule has 2 atom stereocenters. The first-order valence-electron chi connectivity index (χ1n) is 7.96. The Kier molecular flexibility index (Phi) is 4.11. The molecular formula is C17H27N3. The zero-order valence-electron chi connectivity index (χ0n) is 13.0. The Hall–Kier alpha value is -0.900. The van der Waals surface area contributed by atoms with Crippen molar-refractivity contribution in [2.24, 2.45) is 0 Å². The first-order valence-corrected chi connectivity index (χ1v) is 7.96. The first kappa shape index (κ1) is 14.1. The van der Waals surface area contributed by atoms with Crippen LogP contribution in [0.1, 0.15) is 29.7 Å². The Morgan fingerprint density at radius 1 is 1.15 bits per heavy atom. The van der Waals surface area contributed by atoms with Crippen molar-refractivity contribution in [1.29, 1.82) is 0 Å². The molecular weight excluding hydrogens is 246 g/mol. The number of nitrogens with one attached hydrogen (secondary N) is 1. The Balaban J connectivity index is 1.86. The van der Waals surface area contributed by atoms with E-state index in [9.17, 15) is 0 Å². The van der Waals surface area contributed by atoms with Crippen molar-refractivity contribution >= 4 is 0 Å². The second kappa shape index (κ2) is 5.84. The molecule has 0 aliphatic carbocycles. The molecule has 3 heteroatoms. The Bertz CT molecular complexity index is 463. The standard InChI is InChI=1S/C17H27N3/c1-4-18-17(15-6-5-13(2)14(3)11-15)16-12-19-7-9-20(16)10-8-19/h5-6,11,16-18H,4,7-10,12H2,1-3H3. The van der Waals surface area contributed by atoms with E-state index in [1.54, 1.807) is 0 Å². The molecule has 0 radical (unpaired) electrons. The Morgan fingerprint density at radius 2 is 1.90 bits per heavy atom. The SMILES string of the molecule is CCNC(c1ccc(C)c(C)c1)C1CN2CCN1CC2. The molecule has 0 amide bonds. The van der Waals surface area contributed by atoms with E-state index in [-0.39, 0.29) is 0 Å². The van der Waals surface area contributed by atoms with Gasteiger partial charge in [0.05, 0.1) is 0 Å². The van der Waals surface area contributed by atoms with E-state index >= 15 is 0 Å². The van der Waals surface area contributed by atoms with E-state index in [0.717, 1.165) is 6.54 Å². The van der Waals surface area contributed by atoms with Gasteiger partial charge < -0.3 is 5.32 Å². The van der Waals surface area contributed by atoms with Gasteiger partial charge in [0.15, 0.2) is 0 Å². The maximum absolute atomic E-state index is 3.73. The second-order valence-corrected chi connectivity index (χ2v) is 6.28. The topological polar surface area (TPSA) is 18.5 Å². The number of fused-ring (bicyclic) bond motifs is 3. The minimum Gasteiger partial charge on any atom is -0.309 e. The third-order valence-electron chi connectivity index (χ3n) is 5.02. The monoisotopic (exact) mass is 273 g/mol. The molecule has 1 N–H and O–H groups in total. The number of hydrogen-bond donors (Lipinski definition) is 1. The van der Waals surface area contributed by atoms with Gasteiger partial charge in [0.25, 0.3) is 0 Å². The zero-order valence-corrected chi connectivity index (χ0v) is 13.0. The summed E-state index contributed by atoms with van der Waals surface area (Å²) >= 11 is 0. The molecule has 3 heterocycles. The van der Waals surface area contributed by atoms with Crippen LogP contribution in [0.2, 0.25) is 0 Å². The number of aryl methyl sites for hydroxylation is 2. The quantitative estimate of drug-likeness (QED) is 0.904. The molecule has 1 aromatic rings. The predicted octanol–water partition coefficient (Wildman–Crippen LogP) is 1.95. The summed E-state index contributed by atoms with van der Waals surface area (Å²) < 4.78 is 0. The predicted molar refractivity (Wildman–Crippen MR) is 84.1 cm³/mol. The average Bonchev–Trinajstić information content (AvgIpc) is 2.49. The van der Waals surface area contributed by atoms with Gasteiger partial charge in [-0.15, -0.1) is 0 Å². The lowest BCUT2D eigenvalue weighted by Gasteiger charge is -2.50. The fourth-order valence-corrected chi connectivity index (χ4v) is 3.63. The fourth-order valence-electron chi connectivity index (χ4n) is 3.63. The number of likely N-dealkylation sites (N-methyl/N-ethyl adjacent to an activating group) is 1. The van der Waals surface area contributed by atoms with E-state index in [1.807, 2.05) is 0 Å². The fraction of sp³-hybridized carbons (Fsp3) is 0.647. The van der Waals surface area contributed by atoms with Crippen LogP contribution >= 0.6 is 0 Å². The Morgan fingerprint density at radius 3 is 2.45 bits per heavy atom. The molecule has 20 heavy (non-hydrogen) atoms. The van der Waals surface area contributed by atoms with Crippen molar-refractivity contribution in [3.8, 4) is 0 Å². The lowest BCUT2D eigenvalue weighted by molar-refractivity contribution is -0.00343. The smallest absolute Gasteiger partial charge is 0.0490 e. The molecule has 0 aromatic heterocycles. The van der Waals surface area contributed by atoms with Crippen LogP contribution in [-0.2, 0) is 0 Å². The Labute approximate surface area is 123 Å². The summed E-state index contributed by atoms with van der Waals surface area (Å²) in [6, 6.07) is 8.04. The van der Waals surface area contributed by atoms with Crippen molar-refractivity contribution in [2.75, 3.05) is 39.3 Å². The van der Waals surface area contributed by atoms with Crippen LogP contribution < -0.4 is 5.32 Å². The molecule has 3 nitrogen and oxygen atoms in total. The second-order valence-electron chi connectivity index (χ2n) is 6.28. The van der Waals surface area contributed by atoms with Gasteiger partial charge >= 0.3 is 0 Å². The summed E-state index contributed by atoms with van der Waals surface area (Å²) in [7, 11) is 0. The van der Waals surface area contributed by atoms with Crippen molar-refractivity contribution in [3.05, 3.63) is 34.9 Å². The first-order chi connectivity index (χ1) is 9.69. The van der Waals surface area contributed by atoms with Gasteiger partial charge in [-0.25, -0.2) is 0 Å². The molecule has 2 unspecified atom stereocenters.